The topological polar surface area (TPSA) is 24.7 Å². The number of hydrogen-bond acceptors (Lipinski definition) is 2. The zero-order valence-electron chi connectivity index (χ0n) is 10.6. The molecule has 0 heterocycles. The summed E-state index contributed by atoms with van der Waals surface area (Å²) in [7, 11) is 0. The highest BCUT2D eigenvalue weighted by atomic mass is 14.7. The Morgan fingerprint density at radius 1 is 0.684 bits per heavy atom. The zero-order chi connectivity index (χ0) is 13.5. The summed E-state index contributed by atoms with van der Waals surface area (Å²) in [5.74, 6) is 0. The molecule has 0 bridgehead atoms. The van der Waals surface area contributed by atoms with Gasteiger partial charge in [0.25, 0.3) is 0 Å². The predicted octanol–water partition coefficient (Wildman–Crippen LogP) is 4.07. The summed E-state index contributed by atoms with van der Waals surface area (Å²) in [6.45, 7) is 7.19. The van der Waals surface area contributed by atoms with E-state index < -0.39 is 0 Å². The number of aliphatic imine (C=N–C) groups is 2. The molecule has 0 spiro atoms. The molecular formula is C17H14N2. The fourth-order valence-corrected chi connectivity index (χ4v) is 1.71. The Morgan fingerprint density at radius 3 is 1.37 bits per heavy atom. The molecule has 0 fully saturated rings. The van der Waals surface area contributed by atoms with Gasteiger partial charge in [0, 0.05) is 11.1 Å². The van der Waals surface area contributed by atoms with Crippen LogP contribution in [0, 0.1) is 0 Å². The molecule has 19 heavy (non-hydrogen) atoms. The van der Waals surface area contributed by atoms with Crippen LogP contribution in [0.15, 0.2) is 76.4 Å². The number of nitrogens with zero attached hydrogens (tertiary/aromatic N) is 2. The van der Waals surface area contributed by atoms with E-state index in [0.29, 0.717) is 11.4 Å². The standard InChI is InChI=1S/C17H14N2/c1-18-16(14-9-5-3-6-10-14)13-17(19-2)15-11-7-4-8-12-15/h3-12H,1-2H2. The lowest BCUT2D eigenvalue weighted by molar-refractivity contribution is 1.50. The third-order valence-electron chi connectivity index (χ3n) is 2.65. The largest absolute Gasteiger partial charge is 0.256 e. The van der Waals surface area contributed by atoms with Crippen molar-refractivity contribution < 1.29 is 0 Å². The lowest BCUT2D eigenvalue weighted by Crippen LogP contribution is -1.81. The van der Waals surface area contributed by atoms with E-state index in [1.165, 1.54) is 0 Å². The summed E-state index contributed by atoms with van der Waals surface area (Å²) in [5.41, 5.74) is 6.39. The molecular weight excluding hydrogens is 232 g/mol. The molecule has 2 rings (SSSR count). The van der Waals surface area contributed by atoms with E-state index in [1.54, 1.807) is 0 Å². The Labute approximate surface area is 113 Å². The summed E-state index contributed by atoms with van der Waals surface area (Å²) in [6, 6.07) is 19.6. The van der Waals surface area contributed by atoms with E-state index in [2.05, 4.69) is 29.2 Å². The second-order valence-corrected chi connectivity index (χ2v) is 3.87. The van der Waals surface area contributed by atoms with Gasteiger partial charge in [0.1, 0.15) is 11.4 Å². The molecule has 2 heteroatoms. The Morgan fingerprint density at radius 2 is 1.05 bits per heavy atom. The second kappa shape index (κ2) is 6.29. The molecule has 2 aromatic carbocycles. The summed E-state index contributed by atoms with van der Waals surface area (Å²) >= 11 is 0. The van der Waals surface area contributed by atoms with Crippen LogP contribution in [0.1, 0.15) is 11.1 Å². The van der Waals surface area contributed by atoms with Crippen LogP contribution in [0.2, 0.25) is 0 Å². The van der Waals surface area contributed by atoms with Crippen molar-refractivity contribution in [3.63, 3.8) is 0 Å². The SMILES string of the molecule is C=NC(=C=C(N=C)c1ccccc1)c1ccccc1. The third kappa shape index (κ3) is 3.15. The average molecular weight is 246 g/mol. The Bertz CT molecular complexity index is 578. The van der Waals surface area contributed by atoms with E-state index in [4.69, 9.17) is 0 Å². The summed E-state index contributed by atoms with van der Waals surface area (Å²) in [5, 5.41) is 0. The van der Waals surface area contributed by atoms with E-state index in [1.807, 2.05) is 60.7 Å². The van der Waals surface area contributed by atoms with E-state index in [9.17, 15) is 0 Å². The Kier molecular flexibility index (Phi) is 4.22. The molecule has 0 amide bonds. The minimum atomic E-state index is 0.659. The normalized spacial score (nSPS) is 9.26. The van der Waals surface area contributed by atoms with Crippen molar-refractivity contribution >= 4 is 24.8 Å². The van der Waals surface area contributed by atoms with Crippen LogP contribution < -0.4 is 0 Å². The highest BCUT2D eigenvalue weighted by molar-refractivity contribution is 5.76. The van der Waals surface area contributed by atoms with Crippen LogP contribution in [0.5, 0.6) is 0 Å². The molecule has 0 aliphatic heterocycles. The van der Waals surface area contributed by atoms with Gasteiger partial charge in [0.15, 0.2) is 0 Å². The smallest absolute Gasteiger partial charge is 0.114 e. The van der Waals surface area contributed by atoms with Crippen molar-refractivity contribution in [3.8, 4) is 0 Å². The second-order valence-electron chi connectivity index (χ2n) is 3.87. The molecule has 0 saturated carbocycles. The lowest BCUT2D eigenvalue weighted by atomic mass is 10.1. The molecule has 0 aromatic heterocycles. The maximum absolute atomic E-state index is 4.02. The lowest BCUT2D eigenvalue weighted by Gasteiger charge is -2.00. The minimum absolute atomic E-state index is 0.659. The van der Waals surface area contributed by atoms with Gasteiger partial charge in [-0.25, -0.2) is 0 Å². The van der Waals surface area contributed by atoms with Gasteiger partial charge >= 0.3 is 0 Å². The number of benzene rings is 2. The van der Waals surface area contributed by atoms with Crippen LogP contribution in [0.3, 0.4) is 0 Å². The molecule has 0 unspecified atom stereocenters. The van der Waals surface area contributed by atoms with Crippen molar-refractivity contribution in [1.82, 2.24) is 0 Å². The van der Waals surface area contributed by atoms with E-state index >= 15 is 0 Å². The molecule has 0 radical (unpaired) electrons. The molecule has 0 atom stereocenters. The zero-order valence-corrected chi connectivity index (χ0v) is 10.6. The quantitative estimate of drug-likeness (QED) is 0.574. The van der Waals surface area contributed by atoms with Crippen LogP contribution in [0.4, 0.5) is 0 Å². The van der Waals surface area contributed by atoms with Crippen molar-refractivity contribution in [2.45, 2.75) is 0 Å². The minimum Gasteiger partial charge on any atom is -0.256 e. The Balaban J connectivity index is 2.58. The molecule has 0 aliphatic rings. The van der Waals surface area contributed by atoms with Crippen LogP contribution in [-0.2, 0) is 0 Å². The third-order valence-corrected chi connectivity index (χ3v) is 2.65. The first-order valence-electron chi connectivity index (χ1n) is 5.90. The maximum atomic E-state index is 4.02. The highest BCUT2D eigenvalue weighted by Gasteiger charge is 2.00. The average Bonchev–Trinajstić information content (AvgIpc) is 2.50. The predicted molar refractivity (Wildman–Crippen MR) is 82.3 cm³/mol. The first-order chi connectivity index (χ1) is 9.35. The first-order valence-corrected chi connectivity index (χ1v) is 5.90. The van der Waals surface area contributed by atoms with E-state index in [-0.39, 0.29) is 0 Å². The van der Waals surface area contributed by atoms with Gasteiger partial charge < -0.3 is 0 Å². The number of rotatable bonds is 4. The fourth-order valence-electron chi connectivity index (χ4n) is 1.71. The molecule has 2 nitrogen and oxygen atoms in total. The van der Waals surface area contributed by atoms with Crippen molar-refractivity contribution in [2.24, 2.45) is 9.98 Å². The van der Waals surface area contributed by atoms with Gasteiger partial charge in [-0.05, 0) is 13.4 Å². The first kappa shape index (κ1) is 12.7. The van der Waals surface area contributed by atoms with Crippen molar-refractivity contribution in [1.29, 1.82) is 0 Å². The maximum Gasteiger partial charge on any atom is 0.114 e. The van der Waals surface area contributed by atoms with Crippen LogP contribution in [0.25, 0.3) is 11.4 Å². The van der Waals surface area contributed by atoms with Gasteiger partial charge in [-0.1, -0.05) is 66.4 Å². The number of hydrogen-bond donors (Lipinski definition) is 0. The molecule has 0 N–H and O–H groups in total. The van der Waals surface area contributed by atoms with Gasteiger partial charge in [0.2, 0.25) is 0 Å². The molecule has 0 aliphatic carbocycles. The fraction of sp³-hybridized carbons (Fsp3) is 0. The van der Waals surface area contributed by atoms with Gasteiger partial charge in [-0.2, -0.15) is 0 Å². The van der Waals surface area contributed by atoms with Crippen LogP contribution in [-0.4, -0.2) is 13.4 Å². The van der Waals surface area contributed by atoms with Gasteiger partial charge in [-0.3, -0.25) is 9.98 Å². The summed E-state index contributed by atoms with van der Waals surface area (Å²) in [6.07, 6.45) is 0. The van der Waals surface area contributed by atoms with E-state index in [0.717, 1.165) is 11.1 Å². The monoisotopic (exact) mass is 246 g/mol. The van der Waals surface area contributed by atoms with Gasteiger partial charge in [0.05, 0.1) is 0 Å². The molecule has 0 saturated heterocycles. The van der Waals surface area contributed by atoms with Crippen molar-refractivity contribution in [3.05, 3.63) is 77.5 Å². The summed E-state index contributed by atoms with van der Waals surface area (Å²) in [4.78, 5) is 8.04. The summed E-state index contributed by atoms with van der Waals surface area (Å²) < 4.78 is 0. The highest BCUT2D eigenvalue weighted by Crippen LogP contribution is 2.19. The molecule has 92 valence electrons. The van der Waals surface area contributed by atoms with Crippen molar-refractivity contribution in [2.75, 3.05) is 0 Å². The Hall–Kier alpha value is -2.70. The van der Waals surface area contributed by atoms with Crippen LogP contribution >= 0.6 is 0 Å². The molecule has 2 aromatic rings. The van der Waals surface area contributed by atoms with Gasteiger partial charge in [-0.15, -0.1) is 0 Å².